The summed E-state index contributed by atoms with van der Waals surface area (Å²) in [6, 6.07) is 21.2. The first-order valence-electron chi connectivity index (χ1n) is 8.86. The van der Waals surface area contributed by atoms with Gasteiger partial charge in [0.1, 0.15) is 17.3 Å². The van der Waals surface area contributed by atoms with Crippen LogP contribution in [0.25, 0.3) is 17.2 Å². The maximum atomic E-state index is 13.0. The zero-order valence-corrected chi connectivity index (χ0v) is 14.9. The maximum absolute atomic E-state index is 13.0. The summed E-state index contributed by atoms with van der Waals surface area (Å²) in [6.07, 6.45) is 3.95. The number of ether oxygens (including phenoxy) is 1. The lowest BCUT2D eigenvalue weighted by Crippen LogP contribution is -1.95. The van der Waals surface area contributed by atoms with E-state index in [9.17, 15) is 9.18 Å². The Morgan fingerprint density at radius 1 is 0.893 bits per heavy atom. The van der Waals surface area contributed by atoms with Crippen molar-refractivity contribution in [2.45, 2.75) is 6.42 Å². The molecule has 1 aliphatic rings. The van der Waals surface area contributed by atoms with E-state index in [1.807, 2.05) is 60.7 Å². The van der Waals surface area contributed by atoms with Crippen LogP contribution in [0.15, 0.2) is 78.9 Å². The fourth-order valence-corrected chi connectivity index (χ4v) is 3.24. The van der Waals surface area contributed by atoms with E-state index in [1.54, 1.807) is 12.1 Å². The molecule has 0 fully saturated rings. The van der Waals surface area contributed by atoms with Gasteiger partial charge in [-0.15, -0.1) is 0 Å². The topological polar surface area (TPSA) is 46.5 Å². The Bertz CT molecular complexity index is 1080. The molecule has 0 saturated carbocycles. The third kappa shape index (κ3) is 3.86. The third-order valence-corrected chi connectivity index (χ3v) is 4.51. The van der Waals surface area contributed by atoms with Gasteiger partial charge in [0, 0.05) is 0 Å². The molecule has 0 amide bonds. The Morgan fingerprint density at radius 2 is 1.50 bits per heavy atom. The van der Waals surface area contributed by atoms with Gasteiger partial charge in [0.15, 0.2) is 0 Å². The summed E-state index contributed by atoms with van der Waals surface area (Å²) in [7, 11) is 0. The van der Waals surface area contributed by atoms with Gasteiger partial charge in [-0.1, -0.05) is 36.4 Å². The number of aliphatic carboxylic acids is 1. The maximum Gasteiger partial charge on any atom is 0.307 e. The van der Waals surface area contributed by atoms with Crippen LogP contribution in [0.3, 0.4) is 0 Å². The van der Waals surface area contributed by atoms with Crippen LogP contribution in [0, 0.1) is 5.82 Å². The molecule has 0 aromatic heterocycles. The normalized spacial score (nSPS) is 13.9. The second-order valence-electron chi connectivity index (χ2n) is 6.51. The number of allylic oxidation sites excluding steroid dienone is 2. The SMILES string of the molecule is O=C(O)CC1=C/C(=C/c2ccc(Oc3ccc(F)cc3)cc2)c2ccccc21. The van der Waals surface area contributed by atoms with E-state index < -0.39 is 5.97 Å². The predicted octanol–water partition coefficient (Wildman–Crippen LogP) is 6.03. The summed E-state index contributed by atoms with van der Waals surface area (Å²) < 4.78 is 18.7. The Hall–Kier alpha value is -3.66. The van der Waals surface area contributed by atoms with Crippen molar-refractivity contribution < 1.29 is 19.0 Å². The van der Waals surface area contributed by atoms with E-state index in [2.05, 4.69) is 0 Å². The molecule has 1 aliphatic carbocycles. The highest BCUT2D eigenvalue weighted by Crippen LogP contribution is 2.38. The molecule has 0 bridgehead atoms. The lowest BCUT2D eigenvalue weighted by molar-refractivity contribution is -0.135. The highest BCUT2D eigenvalue weighted by atomic mass is 19.1. The van der Waals surface area contributed by atoms with Crippen LogP contribution in [0.5, 0.6) is 11.5 Å². The smallest absolute Gasteiger partial charge is 0.307 e. The van der Waals surface area contributed by atoms with Crippen LogP contribution >= 0.6 is 0 Å². The molecule has 0 saturated heterocycles. The Kier molecular flexibility index (Phi) is 4.77. The minimum absolute atomic E-state index is 0.00119. The average Bonchev–Trinajstić information content (AvgIpc) is 3.02. The number of hydrogen-bond acceptors (Lipinski definition) is 2. The standard InChI is InChI=1S/C24H17FO3/c25-19-7-11-21(12-8-19)28-20-9-5-16(6-10-20)13-17-14-18(15-24(26)27)23-4-2-1-3-22(17)23/h1-14H,15H2,(H,26,27)/b17-13-. The molecular weight excluding hydrogens is 355 g/mol. The zero-order valence-electron chi connectivity index (χ0n) is 14.9. The van der Waals surface area contributed by atoms with E-state index in [4.69, 9.17) is 9.84 Å². The number of hydrogen-bond donors (Lipinski definition) is 1. The van der Waals surface area contributed by atoms with Crippen LogP contribution in [0.4, 0.5) is 4.39 Å². The van der Waals surface area contributed by atoms with Crippen molar-refractivity contribution in [3.05, 3.63) is 101 Å². The van der Waals surface area contributed by atoms with E-state index in [0.717, 1.165) is 27.8 Å². The molecule has 0 radical (unpaired) electrons. The summed E-state index contributed by atoms with van der Waals surface area (Å²) in [4.78, 5) is 11.1. The summed E-state index contributed by atoms with van der Waals surface area (Å²) >= 11 is 0. The molecule has 0 unspecified atom stereocenters. The number of fused-ring (bicyclic) bond motifs is 1. The molecule has 3 nitrogen and oxygen atoms in total. The lowest BCUT2D eigenvalue weighted by atomic mass is 10.0. The van der Waals surface area contributed by atoms with Crippen molar-refractivity contribution in [1.29, 1.82) is 0 Å². The molecule has 3 aromatic rings. The van der Waals surface area contributed by atoms with Crippen molar-refractivity contribution in [2.75, 3.05) is 0 Å². The van der Waals surface area contributed by atoms with Gasteiger partial charge in [0.2, 0.25) is 0 Å². The molecule has 28 heavy (non-hydrogen) atoms. The summed E-state index contributed by atoms with van der Waals surface area (Å²) in [5.41, 5.74) is 4.77. The lowest BCUT2D eigenvalue weighted by Gasteiger charge is -2.06. The van der Waals surface area contributed by atoms with Crippen molar-refractivity contribution >= 4 is 23.2 Å². The number of benzene rings is 3. The van der Waals surface area contributed by atoms with Crippen LogP contribution in [-0.4, -0.2) is 11.1 Å². The predicted molar refractivity (Wildman–Crippen MR) is 107 cm³/mol. The van der Waals surface area contributed by atoms with Crippen LogP contribution in [0.2, 0.25) is 0 Å². The minimum Gasteiger partial charge on any atom is -0.481 e. The van der Waals surface area contributed by atoms with Gasteiger partial charge < -0.3 is 9.84 Å². The Morgan fingerprint density at radius 3 is 2.14 bits per heavy atom. The van der Waals surface area contributed by atoms with Gasteiger partial charge in [-0.2, -0.15) is 0 Å². The zero-order chi connectivity index (χ0) is 19.5. The number of carboxylic acids is 1. The van der Waals surface area contributed by atoms with Gasteiger partial charge in [-0.3, -0.25) is 4.79 Å². The highest BCUT2D eigenvalue weighted by molar-refractivity contribution is 6.04. The van der Waals surface area contributed by atoms with Gasteiger partial charge in [0.05, 0.1) is 6.42 Å². The third-order valence-electron chi connectivity index (χ3n) is 4.51. The quantitative estimate of drug-likeness (QED) is 0.595. The molecule has 0 aliphatic heterocycles. The first-order chi connectivity index (χ1) is 13.6. The van der Waals surface area contributed by atoms with E-state index in [1.165, 1.54) is 12.1 Å². The van der Waals surface area contributed by atoms with Gasteiger partial charge in [0.25, 0.3) is 0 Å². The minimum atomic E-state index is -0.843. The molecular formula is C24H17FO3. The molecule has 4 rings (SSSR count). The molecule has 138 valence electrons. The Balaban J connectivity index is 1.58. The van der Waals surface area contributed by atoms with E-state index in [0.29, 0.717) is 11.5 Å². The largest absolute Gasteiger partial charge is 0.481 e. The monoisotopic (exact) mass is 372 g/mol. The molecule has 4 heteroatoms. The van der Waals surface area contributed by atoms with Crippen LogP contribution < -0.4 is 4.74 Å². The number of halogens is 1. The molecule has 3 aromatic carbocycles. The first-order valence-corrected chi connectivity index (χ1v) is 8.86. The molecule has 0 heterocycles. The second kappa shape index (κ2) is 7.53. The average molecular weight is 372 g/mol. The summed E-state index contributed by atoms with van der Waals surface area (Å²) in [5.74, 6) is 0.0762. The fourth-order valence-electron chi connectivity index (χ4n) is 3.24. The van der Waals surface area contributed by atoms with Crippen molar-refractivity contribution in [2.24, 2.45) is 0 Å². The van der Waals surface area contributed by atoms with E-state index in [-0.39, 0.29) is 12.2 Å². The van der Waals surface area contributed by atoms with Gasteiger partial charge in [-0.05, 0) is 76.4 Å². The van der Waals surface area contributed by atoms with Crippen molar-refractivity contribution in [3.8, 4) is 11.5 Å². The number of carbonyl (C=O) groups is 1. The Labute approximate surface area is 162 Å². The van der Waals surface area contributed by atoms with Crippen molar-refractivity contribution in [3.63, 3.8) is 0 Å². The number of carboxylic acid groups (broad SMARTS) is 1. The molecule has 1 N–H and O–H groups in total. The fraction of sp³-hybridized carbons (Fsp3) is 0.0417. The second-order valence-corrected chi connectivity index (χ2v) is 6.51. The number of rotatable bonds is 5. The van der Waals surface area contributed by atoms with Crippen molar-refractivity contribution in [1.82, 2.24) is 0 Å². The van der Waals surface area contributed by atoms with Crippen LogP contribution in [-0.2, 0) is 4.79 Å². The summed E-state index contributed by atoms with van der Waals surface area (Å²) in [6.45, 7) is 0. The highest BCUT2D eigenvalue weighted by Gasteiger charge is 2.19. The first kappa shape index (κ1) is 17.7. The molecule has 0 spiro atoms. The van der Waals surface area contributed by atoms with Crippen LogP contribution in [0.1, 0.15) is 23.1 Å². The molecule has 0 atom stereocenters. The summed E-state index contributed by atoms with van der Waals surface area (Å²) in [5, 5.41) is 9.15. The van der Waals surface area contributed by atoms with Gasteiger partial charge in [-0.25, -0.2) is 4.39 Å². The van der Waals surface area contributed by atoms with E-state index >= 15 is 0 Å². The van der Waals surface area contributed by atoms with Gasteiger partial charge >= 0.3 is 5.97 Å².